The molecule has 0 spiro atoms. The highest BCUT2D eigenvalue weighted by molar-refractivity contribution is 6.29. The Balaban J connectivity index is 1.98. The fraction of sp³-hybridized carbons (Fsp3) is 0.158. The molecule has 4 nitrogen and oxygen atoms in total. The van der Waals surface area contributed by atoms with E-state index in [1.165, 1.54) is 0 Å². The number of carbonyl (C=O) groups is 1. The largest absolute Gasteiger partial charge is 0.378 e. The predicted octanol–water partition coefficient (Wildman–Crippen LogP) is 3.88. The van der Waals surface area contributed by atoms with E-state index in [2.05, 4.69) is 10.3 Å². The normalized spacial score (nSPS) is 15.5. The molecule has 0 saturated carbocycles. The molecule has 2 aromatic rings. The fourth-order valence-corrected chi connectivity index (χ4v) is 2.48. The van der Waals surface area contributed by atoms with Crippen LogP contribution in [0, 0.1) is 0 Å². The van der Waals surface area contributed by atoms with Crippen molar-refractivity contribution in [2.45, 2.75) is 6.92 Å². The van der Waals surface area contributed by atoms with Gasteiger partial charge in [0.2, 0.25) is 0 Å². The zero-order chi connectivity index (χ0) is 16.4. The van der Waals surface area contributed by atoms with Gasteiger partial charge in [-0.05, 0) is 42.8 Å². The number of aliphatic imine (C=N–C) groups is 1. The van der Waals surface area contributed by atoms with Gasteiger partial charge in [0.05, 0.1) is 22.7 Å². The van der Waals surface area contributed by atoms with Crippen LogP contribution in [0.4, 0.5) is 17.1 Å². The molecule has 0 aliphatic carbocycles. The second kappa shape index (κ2) is 6.08. The summed E-state index contributed by atoms with van der Waals surface area (Å²) >= 11 is 0. The van der Waals surface area contributed by atoms with Crippen LogP contribution in [0.2, 0.25) is 0 Å². The molecule has 0 saturated heterocycles. The highest BCUT2D eigenvalue weighted by Crippen LogP contribution is 2.29. The first-order valence-electron chi connectivity index (χ1n) is 7.50. The second-order valence-corrected chi connectivity index (χ2v) is 5.71. The third-order valence-electron chi connectivity index (χ3n) is 3.80. The Morgan fingerprint density at radius 2 is 1.74 bits per heavy atom. The number of amides is 1. The van der Waals surface area contributed by atoms with Crippen molar-refractivity contribution in [2.24, 2.45) is 4.99 Å². The van der Waals surface area contributed by atoms with Gasteiger partial charge in [-0.2, -0.15) is 0 Å². The molecule has 0 unspecified atom stereocenters. The molecule has 1 amide bonds. The van der Waals surface area contributed by atoms with Crippen molar-refractivity contribution in [3.63, 3.8) is 0 Å². The Hall–Kier alpha value is -2.88. The number of nitrogens with one attached hydrogen (secondary N) is 1. The van der Waals surface area contributed by atoms with Crippen molar-refractivity contribution in [3.05, 3.63) is 59.7 Å². The van der Waals surface area contributed by atoms with Gasteiger partial charge in [0.25, 0.3) is 5.91 Å². The van der Waals surface area contributed by atoms with Crippen LogP contribution in [0.25, 0.3) is 6.08 Å². The molecule has 1 aliphatic heterocycles. The van der Waals surface area contributed by atoms with Gasteiger partial charge in [-0.25, -0.2) is 0 Å². The molecule has 2 aromatic carbocycles. The SMILES string of the molecule is CC1=Nc2ccccc2NC(=O)/C1=C/c1ccc(N(C)C)cc1. The molecular formula is C19H19N3O. The molecule has 23 heavy (non-hydrogen) atoms. The Labute approximate surface area is 136 Å². The van der Waals surface area contributed by atoms with E-state index in [1.54, 1.807) is 0 Å². The highest BCUT2D eigenvalue weighted by atomic mass is 16.1. The summed E-state index contributed by atoms with van der Waals surface area (Å²) in [4.78, 5) is 19.1. The van der Waals surface area contributed by atoms with Crippen LogP contribution in [-0.2, 0) is 4.79 Å². The number of hydrogen-bond acceptors (Lipinski definition) is 3. The molecule has 0 radical (unpaired) electrons. The first kappa shape index (κ1) is 15.0. The third-order valence-corrected chi connectivity index (χ3v) is 3.80. The van der Waals surface area contributed by atoms with Crippen molar-refractivity contribution in [3.8, 4) is 0 Å². The highest BCUT2D eigenvalue weighted by Gasteiger charge is 2.18. The molecule has 116 valence electrons. The number of hydrogen-bond donors (Lipinski definition) is 1. The predicted molar refractivity (Wildman–Crippen MR) is 96.6 cm³/mol. The van der Waals surface area contributed by atoms with Crippen LogP contribution < -0.4 is 10.2 Å². The van der Waals surface area contributed by atoms with E-state index >= 15 is 0 Å². The molecular weight excluding hydrogens is 286 g/mol. The van der Waals surface area contributed by atoms with Crippen molar-refractivity contribution in [1.29, 1.82) is 0 Å². The quantitative estimate of drug-likeness (QED) is 0.856. The van der Waals surface area contributed by atoms with Gasteiger partial charge in [-0.1, -0.05) is 24.3 Å². The van der Waals surface area contributed by atoms with Gasteiger partial charge in [0.15, 0.2) is 0 Å². The standard InChI is InChI=1S/C19H19N3O/c1-13-16(12-14-8-10-15(11-9-14)22(2)3)19(23)21-18-7-5-4-6-17(18)20-13/h4-12H,1-3H3,(H,21,23)/b16-12+. The van der Waals surface area contributed by atoms with E-state index in [4.69, 9.17) is 0 Å². The smallest absolute Gasteiger partial charge is 0.257 e. The fourth-order valence-electron chi connectivity index (χ4n) is 2.48. The third kappa shape index (κ3) is 3.16. The van der Waals surface area contributed by atoms with Crippen LogP contribution in [0.15, 0.2) is 59.1 Å². The van der Waals surface area contributed by atoms with Crippen LogP contribution in [0.5, 0.6) is 0 Å². The molecule has 1 aliphatic rings. The number of rotatable bonds is 2. The Morgan fingerprint density at radius 3 is 2.43 bits per heavy atom. The van der Waals surface area contributed by atoms with Crippen molar-refractivity contribution < 1.29 is 4.79 Å². The molecule has 3 rings (SSSR count). The summed E-state index contributed by atoms with van der Waals surface area (Å²) in [6.45, 7) is 1.86. The van der Waals surface area contributed by atoms with Crippen molar-refractivity contribution in [1.82, 2.24) is 0 Å². The van der Waals surface area contributed by atoms with E-state index in [1.807, 2.05) is 80.5 Å². The van der Waals surface area contributed by atoms with Gasteiger partial charge in [-0.15, -0.1) is 0 Å². The summed E-state index contributed by atoms with van der Waals surface area (Å²) in [5, 5.41) is 2.92. The summed E-state index contributed by atoms with van der Waals surface area (Å²) in [6, 6.07) is 15.6. The lowest BCUT2D eigenvalue weighted by molar-refractivity contribution is -0.112. The van der Waals surface area contributed by atoms with E-state index < -0.39 is 0 Å². The van der Waals surface area contributed by atoms with Gasteiger partial charge >= 0.3 is 0 Å². The minimum Gasteiger partial charge on any atom is -0.378 e. The second-order valence-electron chi connectivity index (χ2n) is 5.71. The van der Waals surface area contributed by atoms with Gasteiger partial charge in [0.1, 0.15) is 0 Å². The lowest BCUT2D eigenvalue weighted by atomic mass is 10.1. The zero-order valence-corrected chi connectivity index (χ0v) is 13.5. The van der Waals surface area contributed by atoms with Crippen molar-refractivity contribution >= 4 is 34.8 Å². The monoisotopic (exact) mass is 305 g/mol. The summed E-state index contributed by atoms with van der Waals surface area (Å²) in [5.41, 5.74) is 4.91. The Bertz CT molecular complexity index is 802. The average molecular weight is 305 g/mol. The van der Waals surface area contributed by atoms with E-state index in [0.29, 0.717) is 11.3 Å². The lowest BCUT2D eigenvalue weighted by Crippen LogP contribution is -2.17. The van der Waals surface area contributed by atoms with Crippen molar-refractivity contribution in [2.75, 3.05) is 24.3 Å². The van der Waals surface area contributed by atoms with Crippen LogP contribution >= 0.6 is 0 Å². The first-order chi connectivity index (χ1) is 11.0. The average Bonchev–Trinajstić information content (AvgIpc) is 2.65. The topological polar surface area (TPSA) is 44.7 Å². The lowest BCUT2D eigenvalue weighted by Gasteiger charge is -2.12. The number of benzene rings is 2. The molecule has 0 atom stereocenters. The minimum absolute atomic E-state index is 0.132. The summed E-state index contributed by atoms with van der Waals surface area (Å²) in [6.07, 6.45) is 1.87. The molecule has 1 N–H and O–H groups in total. The number of nitrogens with zero attached hydrogens (tertiary/aromatic N) is 2. The number of anilines is 2. The molecule has 4 heteroatoms. The van der Waals surface area contributed by atoms with Crippen LogP contribution in [-0.4, -0.2) is 25.7 Å². The minimum atomic E-state index is -0.132. The molecule has 1 heterocycles. The Morgan fingerprint density at radius 1 is 1.04 bits per heavy atom. The first-order valence-corrected chi connectivity index (χ1v) is 7.50. The number of para-hydroxylation sites is 2. The van der Waals surface area contributed by atoms with Gasteiger partial charge in [0, 0.05) is 19.8 Å². The summed E-state index contributed by atoms with van der Waals surface area (Å²) < 4.78 is 0. The number of carbonyl (C=O) groups excluding carboxylic acids is 1. The number of fused-ring (bicyclic) bond motifs is 1. The maximum atomic E-state index is 12.5. The van der Waals surface area contributed by atoms with E-state index in [9.17, 15) is 4.79 Å². The van der Waals surface area contributed by atoms with Crippen LogP contribution in [0.1, 0.15) is 12.5 Å². The van der Waals surface area contributed by atoms with E-state index in [-0.39, 0.29) is 5.91 Å². The maximum Gasteiger partial charge on any atom is 0.257 e. The summed E-state index contributed by atoms with van der Waals surface area (Å²) in [5.74, 6) is -0.132. The van der Waals surface area contributed by atoms with E-state index in [0.717, 1.165) is 22.6 Å². The summed E-state index contributed by atoms with van der Waals surface area (Å²) in [7, 11) is 4.00. The maximum absolute atomic E-state index is 12.5. The van der Waals surface area contributed by atoms with Gasteiger partial charge in [-0.3, -0.25) is 9.79 Å². The van der Waals surface area contributed by atoms with Crippen LogP contribution in [0.3, 0.4) is 0 Å². The Kier molecular flexibility index (Phi) is 3.98. The molecule has 0 bridgehead atoms. The molecule has 0 fully saturated rings. The zero-order valence-electron chi connectivity index (χ0n) is 13.5. The van der Waals surface area contributed by atoms with Gasteiger partial charge < -0.3 is 10.2 Å². The molecule has 0 aromatic heterocycles.